The number of aliphatic hydroxyl groups excluding tert-OH is 1. The lowest BCUT2D eigenvalue weighted by atomic mass is 10.2. The Hall–Kier alpha value is -0.710. The number of rotatable bonds is 4. The molecule has 0 bridgehead atoms. The average molecular weight is 251 g/mol. The molecule has 1 atom stereocenters. The van der Waals surface area contributed by atoms with E-state index in [1.165, 1.54) is 6.07 Å². The van der Waals surface area contributed by atoms with Gasteiger partial charge in [0, 0.05) is 0 Å². The third-order valence-corrected chi connectivity index (χ3v) is 2.71. The van der Waals surface area contributed by atoms with E-state index in [2.05, 4.69) is 10.3 Å². The number of hydrogen-bond acceptors (Lipinski definition) is 2. The van der Waals surface area contributed by atoms with E-state index in [1.807, 2.05) is 6.92 Å². The topological polar surface area (TPSA) is 65.1 Å². The Labute approximate surface area is 97.6 Å². The Morgan fingerprint density at radius 1 is 1.67 bits per heavy atom. The summed E-state index contributed by atoms with van der Waals surface area (Å²) >= 11 is 11.3. The molecule has 0 aliphatic heterocycles. The Morgan fingerprint density at radius 2 is 2.33 bits per heavy atom. The molecule has 84 valence electrons. The molecule has 3 N–H and O–H groups in total. The van der Waals surface area contributed by atoms with E-state index in [4.69, 9.17) is 28.3 Å². The minimum atomic E-state index is -0.329. The van der Waals surface area contributed by atoms with Crippen LogP contribution in [0.3, 0.4) is 0 Å². The summed E-state index contributed by atoms with van der Waals surface area (Å²) in [4.78, 5) is 14.2. The van der Waals surface area contributed by atoms with Crippen LogP contribution < -0.4 is 5.32 Å². The number of aliphatic hydroxyl groups is 1. The van der Waals surface area contributed by atoms with Gasteiger partial charge in [-0.1, -0.05) is 30.1 Å². The van der Waals surface area contributed by atoms with Crippen molar-refractivity contribution < 1.29 is 9.90 Å². The van der Waals surface area contributed by atoms with Crippen LogP contribution in [0.15, 0.2) is 6.07 Å². The SMILES string of the molecule is CC[C@H](CO)NC(=O)c1cc(Cl)c(Cl)[nH]1. The molecular formula is C9H12Cl2N2O2. The van der Waals surface area contributed by atoms with E-state index in [0.717, 1.165) is 0 Å². The van der Waals surface area contributed by atoms with E-state index < -0.39 is 0 Å². The summed E-state index contributed by atoms with van der Waals surface area (Å²) in [7, 11) is 0. The van der Waals surface area contributed by atoms with Crippen LogP contribution in [0.1, 0.15) is 23.8 Å². The van der Waals surface area contributed by atoms with E-state index in [0.29, 0.717) is 11.4 Å². The fraction of sp³-hybridized carbons (Fsp3) is 0.444. The molecule has 4 nitrogen and oxygen atoms in total. The summed E-state index contributed by atoms with van der Waals surface area (Å²) in [6, 6.07) is 1.20. The lowest BCUT2D eigenvalue weighted by Crippen LogP contribution is -2.37. The molecule has 0 unspecified atom stereocenters. The Balaban J connectivity index is 2.68. The van der Waals surface area contributed by atoms with Gasteiger partial charge in [0.15, 0.2) is 0 Å². The van der Waals surface area contributed by atoms with Gasteiger partial charge in [-0.15, -0.1) is 0 Å². The van der Waals surface area contributed by atoms with Crippen LogP contribution in [0.5, 0.6) is 0 Å². The van der Waals surface area contributed by atoms with Crippen LogP contribution >= 0.6 is 23.2 Å². The number of amides is 1. The zero-order valence-corrected chi connectivity index (χ0v) is 9.69. The molecule has 15 heavy (non-hydrogen) atoms. The highest BCUT2D eigenvalue weighted by Gasteiger charge is 2.14. The summed E-state index contributed by atoms with van der Waals surface area (Å²) in [5, 5.41) is 12.1. The highest BCUT2D eigenvalue weighted by Crippen LogP contribution is 2.21. The van der Waals surface area contributed by atoms with Gasteiger partial charge in [0.05, 0.1) is 17.7 Å². The van der Waals surface area contributed by atoms with Gasteiger partial charge >= 0.3 is 0 Å². The largest absolute Gasteiger partial charge is 0.394 e. The predicted molar refractivity (Wildman–Crippen MR) is 59.4 cm³/mol. The van der Waals surface area contributed by atoms with Crippen LogP contribution in [0.4, 0.5) is 0 Å². The van der Waals surface area contributed by atoms with E-state index in [1.54, 1.807) is 0 Å². The Morgan fingerprint density at radius 3 is 2.73 bits per heavy atom. The third kappa shape index (κ3) is 3.12. The molecule has 1 amide bonds. The van der Waals surface area contributed by atoms with Crippen molar-refractivity contribution in [2.75, 3.05) is 6.61 Å². The van der Waals surface area contributed by atoms with Crippen molar-refractivity contribution in [3.63, 3.8) is 0 Å². The highest BCUT2D eigenvalue weighted by atomic mass is 35.5. The van der Waals surface area contributed by atoms with Crippen LogP contribution in [0, 0.1) is 0 Å². The van der Waals surface area contributed by atoms with Crippen molar-refractivity contribution in [2.45, 2.75) is 19.4 Å². The van der Waals surface area contributed by atoms with Gasteiger partial charge in [-0.3, -0.25) is 4.79 Å². The number of H-pyrrole nitrogens is 1. The Kier molecular flexibility index (Phi) is 4.45. The van der Waals surface area contributed by atoms with Crippen LogP contribution in [0.25, 0.3) is 0 Å². The molecular weight excluding hydrogens is 239 g/mol. The van der Waals surface area contributed by atoms with Crippen molar-refractivity contribution in [1.82, 2.24) is 10.3 Å². The summed E-state index contributed by atoms with van der Waals surface area (Å²) in [6.45, 7) is 1.78. The number of aromatic amines is 1. The van der Waals surface area contributed by atoms with Gasteiger partial charge in [0.25, 0.3) is 5.91 Å². The Bertz CT molecular complexity index is 328. The molecule has 6 heteroatoms. The van der Waals surface area contributed by atoms with Crippen LogP contribution in [-0.2, 0) is 0 Å². The minimum Gasteiger partial charge on any atom is -0.394 e. The first kappa shape index (κ1) is 12.4. The molecule has 0 aliphatic rings. The molecule has 1 rings (SSSR count). The summed E-state index contributed by atoms with van der Waals surface area (Å²) in [6.07, 6.45) is 0.657. The second-order valence-electron chi connectivity index (χ2n) is 3.11. The van der Waals surface area contributed by atoms with E-state index in [9.17, 15) is 4.79 Å². The van der Waals surface area contributed by atoms with Gasteiger partial charge in [0.2, 0.25) is 0 Å². The zero-order chi connectivity index (χ0) is 11.4. The number of hydrogen-bond donors (Lipinski definition) is 3. The van der Waals surface area contributed by atoms with Crippen molar-refractivity contribution in [3.05, 3.63) is 21.9 Å². The number of aromatic nitrogens is 1. The maximum atomic E-state index is 11.6. The van der Waals surface area contributed by atoms with Gasteiger partial charge in [-0.2, -0.15) is 0 Å². The van der Waals surface area contributed by atoms with Crippen molar-refractivity contribution >= 4 is 29.1 Å². The first-order chi connectivity index (χ1) is 7.08. The second-order valence-corrected chi connectivity index (χ2v) is 3.89. The molecule has 1 aromatic heterocycles. The van der Waals surface area contributed by atoms with E-state index in [-0.39, 0.29) is 29.4 Å². The number of nitrogens with one attached hydrogen (secondary N) is 2. The normalized spacial score (nSPS) is 12.5. The standard InChI is InChI=1S/C9H12Cl2N2O2/c1-2-5(4-14)12-9(15)7-3-6(10)8(11)13-7/h3,5,13-14H,2,4H2,1H3,(H,12,15)/t5-/m1/s1. The lowest BCUT2D eigenvalue weighted by Gasteiger charge is -2.12. The molecule has 0 saturated heterocycles. The first-order valence-electron chi connectivity index (χ1n) is 4.54. The average Bonchev–Trinajstić information content (AvgIpc) is 2.55. The maximum Gasteiger partial charge on any atom is 0.268 e. The predicted octanol–water partition coefficient (Wildman–Crippen LogP) is 1.82. The van der Waals surface area contributed by atoms with Crippen molar-refractivity contribution in [3.8, 4) is 0 Å². The zero-order valence-electron chi connectivity index (χ0n) is 8.18. The van der Waals surface area contributed by atoms with Gasteiger partial charge in [-0.25, -0.2) is 0 Å². The number of halogens is 2. The number of carbonyl (C=O) groups is 1. The van der Waals surface area contributed by atoms with Crippen LogP contribution in [-0.4, -0.2) is 28.6 Å². The smallest absolute Gasteiger partial charge is 0.268 e. The fourth-order valence-corrected chi connectivity index (χ4v) is 1.38. The van der Waals surface area contributed by atoms with Gasteiger partial charge in [-0.05, 0) is 12.5 Å². The number of carbonyl (C=O) groups excluding carboxylic acids is 1. The first-order valence-corrected chi connectivity index (χ1v) is 5.29. The summed E-state index contributed by atoms with van der Waals surface area (Å²) in [5.41, 5.74) is 0.289. The minimum absolute atomic E-state index is 0.0928. The quantitative estimate of drug-likeness (QED) is 0.764. The van der Waals surface area contributed by atoms with Crippen molar-refractivity contribution in [1.29, 1.82) is 0 Å². The molecule has 0 spiro atoms. The maximum absolute atomic E-state index is 11.6. The fourth-order valence-electron chi connectivity index (χ4n) is 1.07. The molecule has 0 fully saturated rings. The molecule has 1 aromatic rings. The van der Waals surface area contributed by atoms with Crippen LogP contribution in [0.2, 0.25) is 10.2 Å². The molecule has 0 aromatic carbocycles. The summed E-state index contributed by atoms with van der Waals surface area (Å²) < 4.78 is 0. The molecule has 0 radical (unpaired) electrons. The van der Waals surface area contributed by atoms with Crippen molar-refractivity contribution in [2.24, 2.45) is 0 Å². The molecule has 1 heterocycles. The molecule has 0 aliphatic carbocycles. The molecule has 0 saturated carbocycles. The third-order valence-electron chi connectivity index (χ3n) is 2.02. The van der Waals surface area contributed by atoms with Gasteiger partial charge in [0.1, 0.15) is 10.8 Å². The second kappa shape index (κ2) is 5.39. The monoisotopic (exact) mass is 250 g/mol. The van der Waals surface area contributed by atoms with E-state index >= 15 is 0 Å². The lowest BCUT2D eigenvalue weighted by molar-refractivity contribution is 0.0910. The summed E-state index contributed by atoms with van der Waals surface area (Å²) in [5.74, 6) is -0.329. The van der Waals surface area contributed by atoms with Gasteiger partial charge < -0.3 is 15.4 Å². The highest BCUT2D eigenvalue weighted by molar-refractivity contribution is 6.41.